The first kappa shape index (κ1) is 29.7. The minimum Gasteiger partial charge on any atom is -0.383 e. The van der Waals surface area contributed by atoms with E-state index in [1.165, 1.54) is 0 Å². The number of halogens is 1. The highest BCUT2D eigenvalue weighted by atomic mass is 35.5. The van der Waals surface area contributed by atoms with E-state index in [9.17, 15) is 9.59 Å². The molecule has 38 heavy (non-hydrogen) atoms. The van der Waals surface area contributed by atoms with Crippen LogP contribution in [-0.4, -0.2) is 120 Å². The normalized spacial score (nSPS) is 12.7. The quantitative estimate of drug-likeness (QED) is 0.216. The molecule has 0 saturated carbocycles. The van der Waals surface area contributed by atoms with Crippen LogP contribution in [0.2, 0.25) is 0 Å². The predicted molar refractivity (Wildman–Crippen MR) is 160 cm³/mol. The van der Waals surface area contributed by atoms with Crippen molar-refractivity contribution in [1.82, 2.24) is 14.7 Å². The largest absolute Gasteiger partial charge is 0.383 e. The lowest BCUT2D eigenvalue weighted by Gasteiger charge is -2.28. The molecule has 1 aliphatic rings. The summed E-state index contributed by atoms with van der Waals surface area (Å²) < 4.78 is 0. The fourth-order valence-corrected chi connectivity index (χ4v) is 4.51. The summed E-state index contributed by atoms with van der Waals surface area (Å²) in [6, 6.07) is 7.53. The van der Waals surface area contributed by atoms with E-state index < -0.39 is 0 Å². The summed E-state index contributed by atoms with van der Waals surface area (Å²) in [5.74, 6) is 0.0415. The molecule has 0 atom stereocenters. The Bertz CT molecular complexity index is 1130. The lowest BCUT2D eigenvalue weighted by atomic mass is 9.80. The van der Waals surface area contributed by atoms with Crippen molar-refractivity contribution in [3.63, 3.8) is 0 Å². The zero-order valence-electron chi connectivity index (χ0n) is 23.5. The SMILES string of the molecule is CN(C)CCNc1ccc(NCCCl)c2c1C(=O)c1c(NCCN(C)C)ccc(NCCN(C)C)c1C2=O. The van der Waals surface area contributed by atoms with Crippen molar-refractivity contribution in [2.24, 2.45) is 0 Å². The molecule has 0 amide bonds. The Morgan fingerprint density at radius 3 is 1.03 bits per heavy atom. The number of hydrogen-bond acceptors (Lipinski definition) is 9. The van der Waals surface area contributed by atoms with Crippen molar-refractivity contribution in [3.8, 4) is 0 Å². The van der Waals surface area contributed by atoms with Gasteiger partial charge < -0.3 is 36.0 Å². The number of carbonyl (C=O) groups is 2. The summed E-state index contributed by atoms with van der Waals surface area (Å²) in [6.07, 6.45) is 0. The van der Waals surface area contributed by atoms with Crippen LogP contribution in [-0.2, 0) is 0 Å². The Morgan fingerprint density at radius 2 is 0.789 bits per heavy atom. The van der Waals surface area contributed by atoms with E-state index in [0.29, 0.717) is 77.1 Å². The number of carbonyl (C=O) groups excluding carboxylic acids is 2. The number of nitrogens with one attached hydrogen (secondary N) is 4. The van der Waals surface area contributed by atoms with Gasteiger partial charge in [0.1, 0.15) is 0 Å². The number of likely N-dealkylation sites (N-methyl/N-ethyl adjacent to an activating group) is 3. The van der Waals surface area contributed by atoms with Crippen LogP contribution in [0.5, 0.6) is 0 Å². The summed E-state index contributed by atoms with van der Waals surface area (Å²) in [4.78, 5) is 34.8. The van der Waals surface area contributed by atoms with Crippen molar-refractivity contribution in [2.75, 3.05) is 115 Å². The second-order valence-corrected chi connectivity index (χ2v) is 10.7. The number of ketones is 2. The van der Waals surface area contributed by atoms with Crippen LogP contribution in [0.3, 0.4) is 0 Å². The topological polar surface area (TPSA) is 92.0 Å². The van der Waals surface area contributed by atoms with Gasteiger partial charge in [-0.15, -0.1) is 11.6 Å². The smallest absolute Gasteiger partial charge is 0.198 e. The van der Waals surface area contributed by atoms with E-state index in [1.54, 1.807) is 0 Å². The van der Waals surface area contributed by atoms with Crippen LogP contribution >= 0.6 is 11.6 Å². The maximum atomic E-state index is 14.3. The summed E-state index contributed by atoms with van der Waals surface area (Å²) in [5, 5.41) is 13.4. The van der Waals surface area contributed by atoms with E-state index in [4.69, 9.17) is 11.6 Å². The summed E-state index contributed by atoms with van der Waals surface area (Å²) in [6.45, 7) is 4.78. The van der Waals surface area contributed by atoms with Gasteiger partial charge in [0, 0.05) is 74.4 Å². The number of alkyl halides is 1. The molecule has 0 unspecified atom stereocenters. The molecule has 4 N–H and O–H groups in total. The van der Waals surface area contributed by atoms with Gasteiger partial charge >= 0.3 is 0 Å². The number of benzene rings is 2. The second-order valence-electron chi connectivity index (χ2n) is 10.3. The van der Waals surface area contributed by atoms with Gasteiger partial charge in [-0.2, -0.15) is 0 Å². The molecule has 0 aliphatic heterocycles. The fourth-order valence-electron chi connectivity index (χ4n) is 4.41. The van der Waals surface area contributed by atoms with Gasteiger partial charge in [0.15, 0.2) is 11.6 Å². The zero-order chi connectivity index (χ0) is 27.8. The molecular formula is C28H42ClN7O2. The van der Waals surface area contributed by atoms with E-state index in [2.05, 4.69) is 36.0 Å². The van der Waals surface area contributed by atoms with Gasteiger partial charge in [-0.3, -0.25) is 9.59 Å². The van der Waals surface area contributed by atoms with E-state index in [1.807, 2.05) is 66.6 Å². The Labute approximate surface area is 231 Å². The van der Waals surface area contributed by atoms with Gasteiger partial charge in [0.25, 0.3) is 0 Å². The maximum Gasteiger partial charge on any atom is 0.198 e. The van der Waals surface area contributed by atoms with Crippen LogP contribution in [0, 0.1) is 0 Å². The molecule has 0 radical (unpaired) electrons. The molecule has 0 saturated heterocycles. The Kier molecular flexibility index (Phi) is 10.8. The molecule has 0 fully saturated rings. The van der Waals surface area contributed by atoms with Crippen molar-refractivity contribution >= 4 is 45.9 Å². The van der Waals surface area contributed by atoms with Crippen molar-refractivity contribution in [3.05, 3.63) is 46.5 Å². The lowest BCUT2D eigenvalue weighted by Crippen LogP contribution is -2.29. The minimum atomic E-state index is -0.174. The van der Waals surface area contributed by atoms with Crippen molar-refractivity contribution < 1.29 is 9.59 Å². The number of rotatable bonds is 15. The van der Waals surface area contributed by atoms with Crippen molar-refractivity contribution in [1.29, 1.82) is 0 Å². The molecule has 10 heteroatoms. The number of nitrogens with zero attached hydrogens (tertiary/aromatic N) is 3. The molecule has 0 bridgehead atoms. The lowest BCUT2D eigenvalue weighted by molar-refractivity contribution is 0.0981. The minimum absolute atomic E-state index is 0.167. The number of hydrogen-bond donors (Lipinski definition) is 4. The first-order valence-corrected chi connectivity index (χ1v) is 13.6. The van der Waals surface area contributed by atoms with E-state index in [0.717, 1.165) is 19.6 Å². The predicted octanol–water partition coefficient (Wildman–Crippen LogP) is 3.03. The first-order valence-electron chi connectivity index (χ1n) is 13.0. The first-order chi connectivity index (χ1) is 18.1. The fraction of sp³-hybridized carbons (Fsp3) is 0.500. The van der Waals surface area contributed by atoms with Gasteiger partial charge in [-0.1, -0.05) is 0 Å². The Balaban J connectivity index is 2.14. The third kappa shape index (κ3) is 7.17. The van der Waals surface area contributed by atoms with Crippen LogP contribution in [0.1, 0.15) is 31.8 Å². The van der Waals surface area contributed by atoms with Crippen LogP contribution in [0.15, 0.2) is 24.3 Å². The number of anilines is 4. The average molecular weight is 544 g/mol. The highest BCUT2D eigenvalue weighted by molar-refractivity contribution is 6.35. The van der Waals surface area contributed by atoms with Gasteiger partial charge in [-0.25, -0.2) is 0 Å². The summed E-state index contributed by atoms with van der Waals surface area (Å²) in [5.41, 5.74) is 4.24. The molecule has 208 valence electrons. The van der Waals surface area contributed by atoms with Gasteiger partial charge in [0.05, 0.1) is 22.3 Å². The molecule has 1 aliphatic carbocycles. The second kappa shape index (κ2) is 13.8. The molecule has 0 aromatic heterocycles. The van der Waals surface area contributed by atoms with E-state index in [-0.39, 0.29) is 11.6 Å². The summed E-state index contributed by atoms with van der Waals surface area (Å²) in [7, 11) is 12.0. The molecule has 0 spiro atoms. The third-order valence-electron chi connectivity index (χ3n) is 6.35. The molecule has 0 heterocycles. The highest BCUT2D eigenvalue weighted by Crippen LogP contribution is 2.41. The Hall–Kier alpha value is -2.85. The highest BCUT2D eigenvalue weighted by Gasteiger charge is 2.37. The molecular weight excluding hydrogens is 502 g/mol. The van der Waals surface area contributed by atoms with Gasteiger partial charge in [-0.05, 0) is 66.6 Å². The van der Waals surface area contributed by atoms with Crippen molar-refractivity contribution in [2.45, 2.75) is 0 Å². The zero-order valence-corrected chi connectivity index (χ0v) is 24.3. The molecule has 3 rings (SSSR count). The average Bonchev–Trinajstić information content (AvgIpc) is 2.85. The molecule has 9 nitrogen and oxygen atoms in total. The number of fused-ring (bicyclic) bond motifs is 2. The van der Waals surface area contributed by atoms with E-state index >= 15 is 0 Å². The molecule has 2 aromatic rings. The van der Waals surface area contributed by atoms with Crippen LogP contribution < -0.4 is 21.3 Å². The monoisotopic (exact) mass is 543 g/mol. The van der Waals surface area contributed by atoms with Gasteiger partial charge in [0.2, 0.25) is 0 Å². The third-order valence-corrected chi connectivity index (χ3v) is 6.54. The maximum absolute atomic E-state index is 14.3. The Morgan fingerprint density at radius 1 is 0.526 bits per heavy atom. The van der Waals surface area contributed by atoms with Crippen LogP contribution in [0.25, 0.3) is 0 Å². The van der Waals surface area contributed by atoms with Crippen LogP contribution in [0.4, 0.5) is 22.7 Å². The molecule has 2 aromatic carbocycles. The standard InChI is InChI=1S/C28H42ClN7O2/c1-34(2)16-13-31-20-8-7-19(30-12-11-29)23-24(20)28(38)26-22(33-15-18-36(5)6)10-9-21(25(26)27(23)37)32-14-17-35(3)4/h7-10,30-33H,11-18H2,1-6H3. The summed E-state index contributed by atoms with van der Waals surface area (Å²) >= 11 is 5.95.